The van der Waals surface area contributed by atoms with Crippen molar-refractivity contribution in [1.82, 2.24) is 15.4 Å². The van der Waals surface area contributed by atoms with Gasteiger partial charge in [0.05, 0.1) is 12.3 Å². The largest absolute Gasteiger partial charge is 0.454 e. The minimum atomic E-state index is -3.13. The Labute approximate surface area is 172 Å². The number of rotatable bonds is 9. The first-order valence-electron chi connectivity index (χ1n) is 8.42. The molecule has 26 heavy (non-hydrogen) atoms. The predicted octanol–water partition coefficient (Wildman–Crippen LogP) is 1.42. The van der Waals surface area contributed by atoms with Gasteiger partial charge in [-0.1, -0.05) is 6.07 Å². The second-order valence-corrected chi connectivity index (χ2v) is 7.56. The normalized spacial score (nSPS) is 13.2. The van der Waals surface area contributed by atoms with Gasteiger partial charge < -0.3 is 20.1 Å². The summed E-state index contributed by atoms with van der Waals surface area (Å²) in [5, 5.41) is 6.36. The van der Waals surface area contributed by atoms with Gasteiger partial charge in [0, 0.05) is 19.6 Å². The summed E-state index contributed by atoms with van der Waals surface area (Å²) in [6, 6.07) is 5.77. The number of aliphatic imine (C=N–C) groups is 1. The molecule has 1 aromatic rings. The number of benzene rings is 1. The Kier molecular flexibility index (Phi) is 10.0. The molecule has 1 heterocycles. The van der Waals surface area contributed by atoms with Crippen molar-refractivity contribution in [3.05, 3.63) is 23.8 Å². The van der Waals surface area contributed by atoms with Gasteiger partial charge in [-0.3, -0.25) is 0 Å². The number of sulfonamides is 1. The zero-order valence-corrected chi connectivity index (χ0v) is 18.2. The summed E-state index contributed by atoms with van der Waals surface area (Å²) in [6.07, 6.45) is 0.674. The van der Waals surface area contributed by atoms with Crippen LogP contribution in [0.25, 0.3) is 0 Å². The molecule has 1 aliphatic rings. The highest BCUT2D eigenvalue weighted by Crippen LogP contribution is 2.32. The minimum absolute atomic E-state index is 0. The maximum absolute atomic E-state index is 11.4. The lowest BCUT2D eigenvalue weighted by atomic mass is 10.2. The zero-order valence-electron chi connectivity index (χ0n) is 15.1. The van der Waals surface area contributed by atoms with E-state index in [1.54, 1.807) is 6.92 Å². The second kappa shape index (κ2) is 11.4. The molecule has 0 radical (unpaired) electrons. The van der Waals surface area contributed by atoms with Crippen LogP contribution in [-0.2, 0) is 16.6 Å². The maximum Gasteiger partial charge on any atom is 0.231 e. The highest BCUT2D eigenvalue weighted by Gasteiger charge is 2.13. The van der Waals surface area contributed by atoms with E-state index in [0.29, 0.717) is 32.0 Å². The maximum atomic E-state index is 11.4. The van der Waals surface area contributed by atoms with E-state index in [9.17, 15) is 8.42 Å². The molecule has 2 rings (SSSR count). The number of ether oxygens (including phenoxy) is 2. The second-order valence-electron chi connectivity index (χ2n) is 5.46. The van der Waals surface area contributed by atoms with Crippen LogP contribution >= 0.6 is 24.0 Å². The summed E-state index contributed by atoms with van der Waals surface area (Å²) in [6.45, 7) is 6.15. The average Bonchev–Trinajstić information content (AvgIpc) is 3.07. The molecule has 0 aliphatic carbocycles. The topological polar surface area (TPSA) is 101 Å². The van der Waals surface area contributed by atoms with Crippen molar-refractivity contribution in [2.45, 2.75) is 26.8 Å². The van der Waals surface area contributed by atoms with E-state index < -0.39 is 10.0 Å². The van der Waals surface area contributed by atoms with Crippen LogP contribution in [0, 0.1) is 0 Å². The van der Waals surface area contributed by atoms with Gasteiger partial charge in [0.2, 0.25) is 16.8 Å². The van der Waals surface area contributed by atoms with Crippen LogP contribution in [-0.4, -0.2) is 46.6 Å². The number of hydrogen-bond donors (Lipinski definition) is 3. The third-order valence-corrected chi connectivity index (χ3v) is 4.95. The van der Waals surface area contributed by atoms with Crippen molar-refractivity contribution in [2.24, 2.45) is 4.99 Å². The standard InChI is InChI=1S/C16H26N4O4S.HI/c1-3-17-16(18-8-5-9-20-25(21,22)4-2)19-11-13-6-7-14-15(10-13)24-12-23-14;/h6-7,10,20H,3-5,8-9,11-12H2,1-2H3,(H2,17,18,19);1H. The highest BCUT2D eigenvalue weighted by molar-refractivity contribution is 14.0. The smallest absolute Gasteiger partial charge is 0.231 e. The molecule has 0 atom stereocenters. The van der Waals surface area contributed by atoms with E-state index in [1.807, 2.05) is 25.1 Å². The monoisotopic (exact) mass is 498 g/mol. The molecule has 0 aromatic heterocycles. The molecule has 0 fully saturated rings. The minimum Gasteiger partial charge on any atom is -0.454 e. The summed E-state index contributed by atoms with van der Waals surface area (Å²) in [5.74, 6) is 2.29. The van der Waals surface area contributed by atoms with Crippen molar-refractivity contribution < 1.29 is 17.9 Å². The molecular formula is C16H27IN4O4S. The van der Waals surface area contributed by atoms with Crippen LogP contribution in [0.5, 0.6) is 11.5 Å². The van der Waals surface area contributed by atoms with Gasteiger partial charge in [-0.15, -0.1) is 24.0 Å². The fourth-order valence-electron chi connectivity index (χ4n) is 2.18. The summed E-state index contributed by atoms with van der Waals surface area (Å²) >= 11 is 0. The molecule has 1 aromatic carbocycles. The van der Waals surface area contributed by atoms with E-state index in [1.165, 1.54) is 0 Å². The first-order chi connectivity index (χ1) is 12.0. The van der Waals surface area contributed by atoms with Crippen molar-refractivity contribution in [3.8, 4) is 11.5 Å². The number of halogens is 1. The summed E-state index contributed by atoms with van der Waals surface area (Å²) in [7, 11) is -3.13. The summed E-state index contributed by atoms with van der Waals surface area (Å²) in [4.78, 5) is 4.53. The molecular weight excluding hydrogens is 471 g/mol. The molecule has 1 aliphatic heterocycles. The van der Waals surface area contributed by atoms with Crippen molar-refractivity contribution in [1.29, 1.82) is 0 Å². The lowest BCUT2D eigenvalue weighted by molar-refractivity contribution is 0.174. The quantitative estimate of drug-likeness (QED) is 0.206. The molecule has 148 valence electrons. The van der Waals surface area contributed by atoms with Crippen molar-refractivity contribution >= 4 is 40.0 Å². The Hall–Kier alpha value is -1.27. The van der Waals surface area contributed by atoms with E-state index in [2.05, 4.69) is 20.3 Å². The van der Waals surface area contributed by atoms with E-state index >= 15 is 0 Å². The number of hydrogen-bond acceptors (Lipinski definition) is 5. The van der Waals surface area contributed by atoms with Gasteiger partial charge in [0.25, 0.3) is 0 Å². The number of nitrogens with zero attached hydrogens (tertiary/aromatic N) is 1. The number of fused-ring (bicyclic) bond motifs is 1. The third kappa shape index (κ3) is 7.54. The van der Waals surface area contributed by atoms with Crippen LogP contribution in [0.4, 0.5) is 0 Å². The molecule has 0 bridgehead atoms. The van der Waals surface area contributed by atoms with Crippen LogP contribution in [0.3, 0.4) is 0 Å². The predicted molar refractivity (Wildman–Crippen MR) is 113 cm³/mol. The Bertz CT molecular complexity index is 697. The molecule has 0 amide bonds. The van der Waals surface area contributed by atoms with Crippen LogP contribution in [0.15, 0.2) is 23.2 Å². The van der Waals surface area contributed by atoms with Gasteiger partial charge in [0.15, 0.2) is 17.5 Å². The van der Waals surface area contributed by atoms with Crippen molar-refractivity contribution in [2.75, 3.05) is 32.2 Å². The summed E-state index contributed by atoms with van der Waals surface area (Å²) in [5.41, 5.74) is 1.03. The zero-order chi connectivity index (χ0) is 18.1. The number of guanidine groups is 1. The number of nitrogens with one attached hydrogen (secondary N) is 3. The lowest BCUT2D eigenvalue weighted by Gasteiger charge is -2.11. The van der Waals surface area contributed by atoms with Gasteiger partial charge in [-0.25, -0.2) is 18.1 Å². The molecule has 10 heteroatoms. The molecule has 0 saturated heterocycles. The van der Waals surface area contributed by atoms with Gasteiger partial charge >= 0.3 is 0 Å². The van der Waals surface area contributed by atoms with Crippen LogP contribution < -0.4 is 24.8 Å². The lowest BCUT2D eigenvalue weighted by Crippen LogP contribution is -2.38. The van der Waals surface area contributed by atoms with E-state index in [0.717, 1.165) is 23.6 Å². The first kappa shape index (κ1) is 22.8. The Morgan fingerprint density at radius 1 is 1.15 bits per heavy atom. The Balaban J connectivity index is 0.00000338. The fraction of sp³-hybridized carbons (Fsp3) is 0.562. The third-order valence-electron chi connectivity index (χ3n) is 3.55. The molecule has 3 N–H and O–H groups in total. The van der Waals surface area contributed by atoms with Gasteiger partial charge in [-0.05, 0) is 38.0 Å². The van der Waals surface area contributed by atoms with Crippen molar-refractivity contribution in [3.63, 3.8) is 0 Å². The summed E-state index contributed by atoms with van der Waals surface area (Å²) < 4.78 is 35.9. The molecule has 0 unspecified atom stereocenters. The Morgan fingerprint density at radius 3 is 2.65 bits per heavy atom. The molecule has 8 nitrogen and oxygen atoms in total. The molecule has 0 saturated carbocycles. The molecule has 0 spiro atoms. The van der Waals surface area contributed by atoms with Gasteiger partial charge in [0.1, 0.15) is 0 Å². The van der Waals surface area contributed by atoms with Crippen LogP contribution in [0.1, 0.15) is 25.8 Å². The van der Waals surface area contributed by atoms with E-state index in [-0.39, 0.29) is 36.5 Å². The highest BCUT2D eigenvalue weighted by atomic mass is 127. The SMILES string of the molecule is CCNC(=NCc1ccc2c(c1)OCO2)NCCCNS(=O)(=O)CC.I. The first-order valence-corrected chi connectivity index (χ1v) is 10.1. The fourth-order valence-corrected chi connectivity index (χ4v) is 2.84. The van der Waals surface area contributed by atoms with Crippen LogP contribution in [0.2, 0.25) is 0 Å². The van der Waals surface area contributed by atoms with Gasteiger partial charge in [-0.2, -0.15) is 0 Å². The van der Waals surface area contributed by atoms with E-state index in [4.69, 9.17) is 9.47 Å². The Morgan fingerprint density at radius 2 is 1.92 bits per heavy atom. The average molecular weight is 498 g/mol.